The third-order valence-electron chi connectivity index (χ3n) is 2.39. The molecule has 96 valence electrons. The Morgan fingerprint density at radius 1 is 1.22 bits per heavy atom. The highest BCUT2D eigenvalue weighted by Crippen LogP contribution is 2.28. The van der Waals surface area contributed by atoms with Crippen LogP contribution in [-0.4, -0.2) is 9.78 Å². The van der Waals surface area contributed by atoms with Gasteiger partial charge in [-0.3, -0.25) is 0 Å². The third kappa shape index (κ3) is 2.35. The Kier molecular flexibility index (Phi) is 3.08. The number of nitrogens with zero attached hydrogens (tertiary/aromatic N) is 2. The number of alkyl halides is 3. The Labute approximate surface area is 99.8 Å². The lowest BCUT2D eigenvalue weighted by atomic mass is 10.2. The van der Waals surface area contributed by atoms with Crippen LogP contribution in [0.1, 0.15) is 11.3 Å². The smallest absolute Gasteiger partial charge is 0.326 e. The molecule has 7 heteroatoms. The molecular weight excluding hydrogens is 250 g/mol. The summed E-state index contributed by atoms with van der Waals surface area (Å²) in [6.07, 6.45) is -3.34. The van der Waals surface area contributed by atoms with Gasteiger partial charge >= 0.3 is 6.18 Å². The van der Waals surface area contributed by atoms with Crippen LogP contribution in [0.2, 0.25) is 0 Å². The fraction of sp³-hybridized carbons (Fsp3) is 0.182. The molecule has 0 aliphatic heterocycles. The molecular formula is C11H9F4N3. The minimum Gasteiger partial charge on any atom is -0.326 e. The summed E-state index contributed by atoms with van der Waals surface area (Å²) in [7, 11) is 0. The lowest BCUT2D eigenvalue weighted by Crippen LogP contribution is -2.09. The van der Waals surface area contributed by atoms with E-state index in [1.165, 1.54) is 12.1 Å². The van der Waals surface area contributed by atoms with Gasteiger partial charge in [0.05, 0.1) is 5.69 Å². The molecule has 0 amide bonds. The van der Waals surface area contributed by atoms with E-state index in [9.17, 15) is 17.6 Å². The second-order valence-electron chi connectivity index (χ2n) is 3.62. The second-order valence-corrected chi connectivity index (χ2v) is 3.62. The van der Waals surface area contributed by atoms with Crippen molar-refractivity contribution in [2.24, 2.45) is 5.73 Å². The highest BCUT2D eigenvalue weighted by Gasteiger charge is 2.33. The molecule has 0 unspecified atom stereocenters. The van der Waals surface area contributed by atoms with Crippen LogP contribution in [0.15, 0.2) is 30.5 Å². The molecule has 18 heavy (non-hydrogen) atoms. The van der Waals surface area contributed by atoms with Crippen molar-refractivity contribution in [2.45, 2.75) is 12.7 Å². The van der Waals surface area contributed by atoms with Gasteiger partial charge in [-0.05, 0) is 29.8 Å². The third-order valence-corrected chi connectivity index (χ3v) is 2.39. The Balaban J connectivity index is 2.46. The predicted octanol–water partition coefficient (Wildman–Crippen LogP) is 2.49. The summed E-state index contributed by atoms with van der Waals surface area (Å²) in [5.41, 5.74) is 5.12. The Bertz CT molecular complexity index is 560. The van der Waals surface area contributed by atoms with Crippen molar-refractivity contribution in [1.82, 2.24) is 9.78 Å². The number of benzene rings is 1. The van der Waals surface area contributed by atoms with Crippen LogP contribution in [0.4, 0.5) is 17.6 Å². The van der Waals surface area contributed by atoms with E-state index in [2.05, 4.69) is 5.10 Å². The number of aromatic nitrogens is 2. The van der Waals surface area contributed by atoms with E-state index in [1.807, 2.05) is 0 Å². The van der Waals surface area contributed by atoms with Crippen molar-refractivity contribution >= 4 is 0 Å². The molecule has 2 aromatic rings. The van der Waals surface area contributed by atoms with Gasteiger partial charge in [-0.25, -0.2) is 9.07 Å². The molecule has 0 fully saturated rings. The van der Waals surface area contributed by atoms with Crippen molar-refractivity contribution in [3.8, 4) is 5.69 Å². The van der Waals surface area contributed by atoms with Crippen LogP contribution in [0.25, 0.3) is 5.69 Å². The average molecular weight is 259 g/mol. The molecule has 0 aliphatic carbocycles. The summed E-state index contributed by atoms with van der Waals surface area (Å²) in [5, 5.41) is 3.40. The van der Waals surface area contributed by atoms with Crippen LogP contribution in [0, 0.1) is 5.82 Å². The maximum absolute atomic E-state index is 13.0. The van der Waals surface area contributed by atoms with Gasteiger partial charge in [0.2, 0.25) is 0 Å². The minimum atomic E-state index is -4.51. The lowest BCUT2D eigenvalue weighted by Gasteiger charge is -2.08. The molecule has 1 aromatic carbocycles. The number of nitrogens with two attached hydrogens (primary N) is 1. The Morgan fingerprint density at radius 3 is 2.50 bits per heavy atom. The summed E-state index contributed by atoms with van der Waals surface area (Å²) in [5.74, 6) is -0.498. The van der Waals surface area contributed by atoms with Gasteiger partial charge in [0.25, 0.3) is 0 Å². The normalized spacial score (nSPS) is 11.8. The molecule has 0 saturated carbocycles. The van der Waals surface area contributed by atoms with Gasteiger partial charge < -0.3 is 5.73 Å². The SMILES string of the molecule is NCc1cc(F)ccc1-n1ccc(C(F)(F)F)n1. The molecule has 0 bridgehead atoms. The molecule has 2 rings (SSSR count). The van der Waals surface area contributed by atoms with Crippen molar-refractivity contribution in [1.29, 1.82) is 0 Å². The van der Waals surface area contributed by atoms with Crippen molar-refractivity contribution in [3.05, 3.63) is 47.5 Å². The highest BCUT2D eigenvalue weighted by atomic mass is 19.4. The van der Waals surface area contributed by atoms with Crippen LogP contribution in [0.5, 0.6) is 0 Å². The summed E-state index contributed by atoms with van der Waals surface area (Å²) in [6, 6.07) is 4.50. The standard InChI is InChI=1S/C11H9F4N3/c12-8-1-2-9(7(5-8)6-16)18-4-3-10(17-18)11(13,14)15/h1-5H,6,16H2. The molecule has 1 heterocycles. The average Bonchev–Trinajstić information content (AvgIpc) is 2.77. The predicted molar refractivity (Wildman–Crippen MR) is 56.4 cm³/mol. The van der Waals surface area contributed by atoms with Crippen molar-refractivity contribution in [3.63, 3.8) is 0 Å². The highest BCUT2D eigenvalue weighted by molar-refractivity contribution is 5.40. The second kappa shape index (κ2) is 4.41. The number of halogens is 4. The van der Waals surface area contributed by atoms with Gasteiger partial charge in [0, 0.05) is 12.7 Å². The zero-order chi connectivity index (χ0) is 13.3. The van der Waals surface area contributed by atoms with E-state index >= 15 is 0 Å². The maximum Gasteiger partial charge on any atom is 0.435 e. The van der Waals surface area contributed by atoms with E-state index in [-0.39, 0.29) is 6.54 Å². The molecule has 0 spiro atoms. The van der Waals surface area contributed by atoms with Crippen LogP contribution in [0.3, 0.4) is 0 Å². The monoisotopic (exact) mass is 259 g/mol. The topological polar surface area (TPSA) is 43.8 Å². The first-order chi connectivity index (χ1) is 8.41. The molecule has 2 N–H and O–H groups in total. The minimum absolute atomic E-state index is 0.00824. The maximum atomic E-state index is 13.0. The van der Waals surface area contributed by atoms with Gasteiger partial charge in [-0.2, -0.15) is 18.3 Å². The van der Waals surface area contributed by atoms with Crippen LogP contribution >= 0.6 is 0 Å². The first-order valence-electron chi connectivity index (χ1n) is 5.03. The molecule has 1 aromatic heterocycles. The van der Waals surface area contributed by atoms with E-state index in [1.54, 1.807) is 0 Å². The van der Waals surface area contributed by atoms with Gasteiger partial charge in [-0.1, -0.05) is 0 Å². The zero-order valence-corrected chi connectivity index (χ0v) is 9.08. The zero-order valence-electron chi connectivity index (χ0n) is 9.08. The van der Waals surface area contributed by atoms with E-state index in [0.29, 0.717) is 11.3 Å². The molecule has 0 aliphatic rings. The molecule has 0 atom stereocenters. The fourth-order valence-electron chi connectivity index (χ4n) is 1.55. The van der Waals surface area contributed by atoms with Crippen molar-refractivity contribution < 1.29 is 17.6 Å². The quantitative estimate of drug-likeness (QED) is 0.842. The lowest BCUT2D eigenvalue weighted by molar-refractivity contribution is -0.141. The van der Waals surface area contributed by atoms with Crippen molar-refractivity contribution in [2.75, 3.05) is 0 Å². The molecule has 0 saturated heterocycles. The summed E-state index contributed by atoms with van der Waals surface area (Å²) < 4.78 is 51.2. The first-order valence-corrected chi connectivity index (χ1v) is 5.03. The Morgan fingerprint density at radius 2 is 1.94 bits per heavy atom. The van der Waals surface area contributed by atoms with E-state index in [0.717, 1.165) is 23.0 Å². The first kappa shape index (κ1) is 12.6. The number of hydrogen-bond donors (Lipinski definition) is 1. The summed E-state index contributed by atoms with van der Waals surface area (Å²) in [4.78, 5) is 0. The fourth-order valence-corrected chi connectivity index (χ4v) is 1.55. The van der Waals surface area contributed by atoms with Crippen LogP contribution in [-0.2, 0) is 12.7 Å². The van der Waals surface area contributed by atoms with E-state index < -0.39 is 17.7 Å². The largest absolute Gasteiger partial charge is 0.435 e. The van der Waals surface area contributed by atoms with E-state index in [4.69, 9.17) is 5.73 Å². The Hall–Kier alpha value is -1.89. The van der Waals surface area contributed by atoms with Gasteiger partial charge in [0.1, 0.15) is 5.82 Å². The van der Waals surface area contributed by atoms with Gasteiger partial charge in [0.15, 0.2) is 5.69 Å². The van der Waals surface area contributed by atoms with Gasteiger partial charge in [-0.15, -0.1) is 0 Å². The summed E-state index contributed by atoms with van der Waals surface area (Å²) in [6.45, 7) is 0.00824. The summed E-state index contributed by atoms with van der Waals surface area (Å²) >= 11 is 0. The number of rotatable bonds is 2. The number of hydrogen-bond acceptors (Lipinski definition) is 2. The molecule has 3 nitrogen and oxygen atoms in total. The molecule has 0 radical (unpaired) electrons. The van der Waals surface area contributed by atoms with Crippen LogP contribution < -0.4 is 5.73 Å².